The highest BCUT2D eigenvalue weighted by Crippen LogP contribution is 2.39. The van der Waals surface area contributed by atoms with Gasteiger partial charge in [0.05, 0.1) is 33.2 Å². The highest BCUT2D eigenvalue weighted by Gasteiger charge is 2.38. The third kappa shape index (κ3) is 3.13. The van der Waals surface area contributed by atoms with Crippen LogP contribution in [-0.4, -0.2) is 33.3 Å². The van der Waals surface area contributed by atoms with Crippen LogP contribution >= 0.6 is 0 Å². The van der Waals surface area contributed by atoms with Crippen molar-refractivity contribution >= 4 is 17.5 Å². The molecule has 2 rings (SSSR count). The van der Waals surface area contributed by atoms with Gasteiger partial charge in [-0.1, -0.05) is 24.3 Å². The van der Waals surface area contributed by atoms with Gasteiger partial charge < -0.3 is 14.2 Å². The third-order valence-corrected chi connectivity index (χ3v) is 4.00. The first-order chi connectivity index (χ1) is 10.6. The maximum absolute atomic E-state index is 12.0. The molecule has 1 aliphatic rings. The molecule has 0 heterocycles. The number of allylic oxidation sites excluding steroid dienone is 2. The lowest BCUT2D eigenvalue weighted by atomic mass is 9.77. The number of carbonyl (C=O) groups excluding carboxylic acids is 2. The summed E-state index contributed by atoms with van der Waals surface area (Å²) in [5.74, 6) is -1.08. The fourth-order valence-corrected chi connectivity index (χ4v) is 2.84. The molecular weight excluding hydrogens is 284 g/mol. The van der Waals surface area contributed by atoms with E-state index in [0.29, 0.717) is 12.8 Å². The molecule has 0 aliphatic heterocycles. The Morgan fingerprint density at radius 2 is 1.64 bits per heavy atom. The zero-order chi connectivity index (χ0) is 16.1. The van der Waals surface area contributed by atoms with Crippen molar-refractivity contribution in [1.82, 2.24) is 0 Å². The average molecular weight is 304 g/mol. The molecular formula is C17H20O5. The van der Waals surface area contributed by atoms with Gasteiger partial charge in [-0.05, 0) is 24.5 Å². The van der Waals surface area contributed by atoms with Crippen molar-refractivity contribution in [3.8, 4) is 5.75 Å². The van der Waals surface area contributed by atoms with Crippen molar-refractivity contribution < 1.29 is 23.8 Å². The second-order valence-electron chi connectivity index (χ2n) is 5.13. The molecule has 118 valence electrons. The molecule has 1 aromatic rings. The predicted octanol–water partition coefficient (Wildman–Crippen LogP) is 2.45. The maximum Gasteiger partial charge on any atom is 0.309 e. The Hall–Kier alpha value is -2.30. The minimum Gasteiger partial charge on any atom is -0.496 e. The van der Waals surface area contributed by atoms with E-state index in [1.807, 2.05) is 30.3 Å². The van der Waals surface area contributed by atoms with Gasteiger partial charge in [0.25, 0.3) is 0 Å². The van der Waals surface area contributed by atoms with E-state index in [9.17, 15) is 9.59 Å². The largest absolute Gasteiger partial charge is 0.496 e. The zero-order valence-electron chi connectivity index (χ0n) is 13.0. The van der Waals surface area contributed by atoms with Crippen molar-refractivity contribution in [3.05, 3.63) is 35.9 Å². The fraction of sp³-hybridized carbons (Fsp3) is 0.412. The van der Waals surface area contributed by atoms with E-state index in [4.69, 9.17) is 14.2 Å². The fourth-order valence-electron chi connectivity index (χ4n) is 2.84. The summed E-state index contributed by atoms with van der Waals surface area (Å²) < 4.78 is 15.0. The van der Waals surface area contributed by atoms with Crippen LogP contribution in [0.1, 0.15) is 18.4 Å². The standard InChI is InChI=1S/C17H20O5/c1-20-15-7-5-4-6-12(15)11-8-9-13(16(18)21-2)14(10-11)17(19)22-3/h4-8,13-14H,9-10H2,1-3H3. The van der Waals surface area contributed by atoms with Crippen molar-refractivity contribution in [2.45, 2.75) is 12.8 Å². The molecule has 0 saturated heterocycles. The van der Waals surface area contributed by atoms with Gasteiger partial charge >= 0.3 is 11.9 Å². The van der Waals surface area contributed by atoms with Crippen LogP contribution < -0.4 is 4.74 Å². The van der Waals surface area contributed by atoms with Gasteiger partial charge in [0.1, 0.15) is 5.75 Å². The summed E-state index contributed by atoms with van der Waals surface area (Å²) >= 11 is 0. The molecule has 0 saturated carbocycles. The molecule has 5 nitrogen and oxygen atoms in total. The van der Waals surface area contributed by atoms with Crippen molar-refractivity contribution in [3.63, 3.8) is 0 Å². The Morgan fingerprint density at radius 1 is 1.00 bits per heavy atom. The Kier molecular flexibility index (Phi) is 5.20. The lowest BCUT2D eigenvalue weighted by Crippen LogP contribution is -2.33. The Balaban J connectivity index is 2.34. The van der Waals surface area contributed by atoms with Crippen LogP contribution in [0.25, 0.3) is 5.57 Å². The second kappa shape index (κ2) is 7.11. The van der Waals surface area contributed by atoms with Crippen molar-refractivity contribution in [1.29, 1.82) is 0 Å². The van der Waals surface area contributed by atoms with Gasteiger partial charge in [0.15, 0.2) is 0 Å². The first-order valence-electron chi connectivity index (χ1n) is 7.10. The number of ether oxygens (including phenoxy) is 3. The highest BCUT2D eigenvalue weighted by atomic mass is 16.5. The first-order valence-corrected chi connectivity index (χ1v) is 7.10. The van der Waals surface area contributed by atoms with Crippen LogP contribution in [0.5, 0.6) is 5.75 Å². The molecule has 0 bridgehead atoms. The molecule has 0 amide bonds. The number of esters is 2. The quantitative estimate of drug-likeness (QED) is 0.800. The predicted molar refractivity (Wildman–Crippen MR) is 81.2 cm³/mol. The Morgan fingerprint density at radius 3 is 2.27 bits per heavy atom. The van der Waals surface area contributed by atoms with E-state index in [1.54, 1.807) is 7.11 Å². The number of benzene rings is 1. The Labute approximate surface area is 129 Å². The van der Waals surface area contributed by atoms with Gasteiger partial charge in [0, 0.05) is 5.56 Å². The van der Waals surface area contributed by atoms with Crippen molar-refractivity contribution in [2.24, 2.45) is 11.8 Å². The van der Waals surface area contributed by atoms with Crippen LogP contribution in [0.2, 0.25) is 0 Å². The van der Waals surface area contributed by atoms with Crippen LogP contribution in [0.4, 0.5) is 0 Å². The van der Waals surface area contributed by atoms with E-state index in [-0.39, 0.29) is 5.97 Å². The van der Waals surface area contributed by atoms with Crippen LogP contribution in [0.15, 0.2) is 30.3 Å². The van der Waals surface area contributed by atoms with E-state index in [2.05, 4.69) is 0 Å². The lowest BCUT2D eigenvalue weighted by molar-refractivity contribution is -0.157. The molecule has 5 heteroatoms. The molecule has 1 aromatic carbocycles. The smallest absolute Gasteiger partial charge is 0.309 e. The third-order valence-electron chi connectivity index (χ3n) is 4.00. The van der Waals surface area contributed by atoms with Gasteiger partial charge in [-0.25, -0.2) is 0 Å². The molecule has 0 aromatic heterocycles. The highest BCUT2D eigenvalue weighted by molar-refractivity contribution is 5.86. The SMILES string of the molecule is COC(=O)C1CC=C(c2ccccc2OC)CC1C(=O)OC. The Bertz CT molecular complexity index is 590. The summed E-state index contributed by atoms with van der Waals surface area (Å²) in [6, 6.07) is 7.62. The van der Waals surface area contributed by atoms with Gasteiger partial charge in [-0.3, -0.25) is 9.59 Å². The average Bonchev–Trinajstić information content (AvgIpc) is 2.59. The van der Waals surface area contributed by atoms with Crippen molar-refractivity contribution in [2.75, 3.05) is 21.3 Å². The molecule has 2 unspecified atom stereocenters. The first kappa shape index (κ1) is 16.1. The molecule has 0 radical (unpaired) electrons. The minimum atomic E-state index is -0.539. The molecule has 0 spiro atoms. The van der Waals surface area contributed by atoms with Gasteiger partial charge in [0.2, 0.25) is 0 Å². The van der Waals surface area contributed by atoms with Crippen LogP contribution in [-0.2, 0) is 19.1 Å². The van der Waals surface area contributed by atoms with E-state index in [1.165, 1.54) is 14.2 Å². The van der Waals surface area contributed by atoms with Crippen LogP contribution in [0, 0.1) is 11.8 Å². The number of hydrogen-bond donors (Lipinski definition) is 0. The second-order valence-corrected chi connectivity index (χ2v) is 5.13. The number of rotatable bonds is 4. The molecule has 0 fully saturated rings. The minimum absolute atomic E-state index is 0.384. The molecule has 2 atom stereocenters. The van der Waals surface area contributed by atoms with E-state index < -0.39 is 17.8 Å². The summed E-state index contributed by atoms with van der Waals surface area (Å²) in [5, 5.41) is 0. The maximum atomic E-state index is 12.0. The van der Waals surface area contributed by atoms with E-state index in [0.717, 1.165) is 16.9 Å². The van der Waals surface area contributed by atoms with Gasteiger partial charge in [-0.15, -0.1) is 0 Å². The summed E-state index contributed by atoms with van der Waals surface area (Å²) in [4.78, 5) is 23.9. The molecule has 22 heavy (non-hydrogen) atoms. The normalized spacial score (nSPS) is 20.8. The molecule has 1 aliphatic carbocycles. The summed E-state index contributed by atoms with van der Waals surface area (Å²) in [6.07, 6.45) is 2.84. The summed E-state index contributed by atoms with van der Waals surface area (Å²) in [7, 11) is 4.27. The van der Waals surface area contributed by atoms with E-state index >= 15 is 0 Å². The number of para-hydroxylation sites is 1. The lowest BCUT2D eigenvalue weighted by Gasteiger charge is -2.28. The number of carbonyl (C=O) groups is 2. The number of methoxy groups -OCH3 is 3. The summed E-state index contributed by atoms with van der Waals surface area (Å²) in [5.41, 5.74) is 1.91. The monoisotopic (exact) mass is 304 g/mol. The molecule has 0 N–H and O–H groups in total. The zero-order valence-corrected chi connectivity index (χ0v) is 13.0. The summed E-state index contributed by atoms with van der Waals surface area (Å²) in [6.45, 7) is 0. The topological polar surface area (TPSA) is 61.8 Å². The van der Waals surface area contributed by atoms with Crippen LogP contribution in [0.3, 0.4) is 0 Å². The van der Waals surface area contributed by atoms with Gasteiger partial charge in [-0.2, -0.15) is 0 Å². The number of hydrogen-bond acceptors (Lipinski definition) is 5.